The van der Waals surface area contributed by atoms with E-state index >= 15 is 0 Å². The molecule has 4 aromatic rings. The molecule has 2 aromatic heterocycles. The van der Waals surface area contributed by atoms with E-state index in [1.807, 2.05) is 13.0 Å². The highest BCUT2D eigenvalue weighted by Crippen LogP contribution is 2.44. The minimum Gasteiger partial charge on any atom is -0.507 e. The molecule has 1 amide bonds. The molecule has 34 heavy (non-hydrogen) atoms. The topological polar surface area (TPSA) is 102 Å². The quantitative estimate of drug-likeness (QED) is 0.239. The predicted octanol–water partition coefficient (Wildman–Crippen LogP) is 4.92. The van der Waals surface area contributed by atoms with Crippen LogP contribution in [0.2, 0.25) is 0 Å². The summed E-state index contributed by atoms with van der Waals surface area (Å²) in [5.74, 6) is -0.408. The van der Waals surface area contributed by atoms with Gasteiger partial charge in [-0.15, -0.1) is 0 Å². The molecule has 0 bridgehead atoms. The number of ether oxygens (including phenoxy) is 2. The van der Waals surface area contributed by atoms with Crippen molar-refractivity contribution >= 4 is 44.1 Å². The van der Waals surface area contributed by atoms with Gasteiger partial charge in [0.15, 0.2) is 5.13 Å². The van der Waals surface area contributed by atoms with Crippen LogP contribution < -0.4 is 14.4 Å². The predicted molar refractivity (Wildman–Crippen MR) is 127 cm³/mol. The molecule has 2 aromatic carbocycles. The van der Waals surface area contributed by atoms with Gasteiger partial charge in [0.1, 0.15) is 29.1 Å². The Morgan fingerprint density at radius 1 is 1.15 bits per heavy atom. The number of furan rings is 1. The van der Waals surface area contributed by atoms with E-state index in [1.54, 1.807) is 55.6 Å². The van der Waals surface area contributed by atoms with Crippen LogP contribution in [0.3, 0.4) is 0 Å². The summed E-state index contributed by atoms with van der Waals surface area (Å²) in [5.41, 5.74) is 0.935. The van der Waals surface area contributed by atoms with Crippen molar-refractivity contribution < 1.29 is 28.6 Å². The van der Waals surface area contributed by atoms with Crippen molar-refractivity contribution in [2.45, 2.75) is 13.0 Å². The number of thiazole rings is 1. The summed E-state index contributed by atoms with van der Waals surface area (Å²) in [7, 11) is 1.57. The van der Waals surface area contributed by atoms with Crippen LogP contribution in [0.25, 0.3) is 16.0 Å². The molecule has 9 heteroatoms. The molecule has 0 spiro atoms. The Kier molecular flexibility index (Phi) is 5.54. The van der Waals surface area contributed by atoms with Gasteiger partial charge in [-0.1, -0.05) is 23.5 Å². The fourth-order valence-electron chi connectivity index (χ4n) is 3.92. The Morgan fingerprint density at radius 2 is 2.00 bits per heavy atom. The second-order valence-corrected chi connectivity index (χ2v) is 8.48. The number of hydrogen-bond donors (Lipinski definition) is 1. The number of carbonyl (C=O) groups is 2. The van der Waals surface area contributed by atoms with Gasteiger partial charge in [0.2, 0.25) is 0 Å². The summed E-state index contributed by atoms with van der Waals surface area (Å²) in [6, 6.07) is 14.4. The lowest BCUT2D eigenvalue weighted by molar-refractivity contribution is -0.132. The fourth-order valence-corrected chi connectivity index (χ4v) is 4.94. The number of fused-ring (bicyclic) bond motifs is 1. The highest BCUT2D eigenvalue weighted by molar-refractivity contribution is 7.22. The Bertz CT molecular complexity index is 1420. The number of benzene rings is 2. The number of ketones is 1. The first-order valence-corrected chi connectivity index (χ1v) is 11.4. The van der Waals surface area contributed by atoms with Crippen molar-refractivity contribution in [2.24, 2.45) is 0 Å². The molecule has 5 rings (SSSR count). The molecule has 1 saturated heterocycles. The first kappa shape index (κ1) is 21.7. The number of carbonyl (C=O) groups excluding carboxylic acids is 2. The molecule has 1 fully saturated rings. The van der Waals surface area contributed by atoms with E-state index in [2.05, 4.69) is 4.98 Å². The molecule has 0 aliphatic carbocycles. The third-order valence-electron chi connectivity index (χ3n) is 5.47. The van der Waals surface area contributed by atoms with E-state index in [4.69, 9.17) is 13.9 Å². The van der Waals surface area contributed by atoms with E-state index in [0.29, 0.717) is 40.1 Å². The van der Waals surface area contributed by atoms with Crippen molar-refractivity contribution in [1.29, 1.82) is 0 Å². The first-order valence-electron chi connectivity index (χ1n) is 10.5. The summed E-state index contributed by atoms with van der Waals surface area (Å²) in [5, 5.41) is 11.5. The summed E-state index contributed by atoms with van der Waals surface area (Å²) in [4.78, 5) is 32.3. The molecule has 3 heterocycles. The van der Waals surface area contributed by atoms with E-state index < -0.39 is 17.7 Å². The number of amides is 1. The van der Waals surface area contributed by atoms with Crippen molar-refractivity contribution in [3.05, 3.63) is 77.8 Å². The molecule has 8 nitrogen and oxygen atoms in total. The zero-order chi connectivity index (χ0) is 23.8. The average Bonchev–Trinajstić information content (AvgIpc) is 3.57. The van der Waals surface area contributed by atoms with E-state index in [-0.39, 0.29) is 11.3 Å². The van der Waals surface area contributed by atoms with Crippen molar-refractivity contribution in [3.8, 4) is 11.5 Å². The van der Waals surface area contributed by atoms with Crippen LogP contribution in [0.4, 0.5) is 5.13 Å². The lowest BCUT2D eigenvalue weighted by Crippen LogP contribution is -2.29. The van der Waals surface area contributed by atoms with Crippen LogP contribution >= 0.6 is 11.3 Å². The van der Waals surface area contributed by atoms with E-state index in [9.17, 15) is 14.7 Å². The molecule has 1 unspecified atom stereocenters. The number of aliphatic hydroxyl groups excluding tert-OH is 1. The maximum Gasteiger partial charge on any atom is 0.302 e. The van der Waals surface area contributed by atoms with Gasteiger partial charge in [0, 0.05) is 5.56 Å². The highest BCUT2D eigenvalue weighted by atomic mass is 32.1. The number of Topliss-reactive ketones (excluding diaryl/α,β-unsaturated/α-hetero) is 1. The van der Waals surface area contributed by atoms with E-state index in [1.165, 1.54) is 22.5 Å². The molecule has 0 radical (unpaired) electrons. The SMILES string of the molecule is CCOc1cccc(/C(O)=C2\C(=O)C(=O)N(c3nc4ccc(OC)cc4s3)C2c2ccco2)c1. The molecule has 1 aliphatic rings. The molecule has 1 N–H and O–H groups in total. The highest BCUT2D eigenvalue weighted by Gasteiger charge is 2.49. The number of rotatable bonds is 6. The number of anilines is 1. The summed E-state index contributed by atoms with van der Waals surface area (Å²) < 4.78 is 17.2. The third-order valence-corrected chi connectivity index (χ3v) is 6.48. The van der Waals surface area contributed by atoms with Crippen molar-refractivity contribution in [3.63, 3.8) is 0 Å². The molecule has 0 saturated carbocycles. The number of aliphatic hydroxyl groups is 1. The lowest BCUT2D eigenvalue weighted by Gasteiger charge is -2.20. The standard InChI is InChI=1S/C25H20N2O6S/c1-3-32-16-7-4-6-14(12-16)22(28)20-21(18-8-5-11-33-18)27(24(30)23(20)29)25-26-17-10-9-15(31-2)13-19(17)34-25/h4-13,21,28H,3H2,1-2H3/b22-20+. The van der Waals surface area contributed by atoms with Gasteiger partial charge < -0.3 is 19.0 Å². The van der Waals surface area contributed by atoms with Gasteiger partial charge in [0.25, 0.3) is 5.78 Å². The second-order valence-electron chi connectivity index (χ2n) is 7.48. The second kappa shape index (κ2) is 8.68. The average molecular weight is 477 g/mol. The van der Waals surface area contributed by atoms with Crippen LogP contribution in [0, 0.1) is 0 Å². The zero-order valence-corrected chi connectivity index (χ0v) is 19.2. The molecule has 1 atom stereocenters. The fraction of sp³-hybridized carbons (Fsp3) is 0.160. The Labute approximate surface area is 198 Å². The maximum absolute atomic E-state index is 13.2. The Balaban J connectivity index is 1.67. The molecular weight excluding hydrogens is 456 g/mol. The zero-order valence-electron chi connectivity index (χ0n) is 18.3. The van der Waals surface area contributed by atoms with Gasteiger partial charge in [-0.2, -0.15) is 0 Å². The van der Waals surface area contributed by atoms with Gasteiger partial charge in [-0.3, -0.25) is 14.5 Å². The number of nitrogens with zero attached hydrogens (tertiary/aromatic N) is 2. The van der Waals surface area contributed by atoms with Crippen LogP contribution in [-0.2, 0) is 9.59 Å². The van der Waals surface area contributed by atoms with Gasteiger partial charge in [-0.25, -0.2) is 4.98 Å². The number of aromatic nitrogens is 1. The van der Waals surface area contributed by atoms with Crippen LogP contribution in [0.5, 0.6) is 11.5 Å². The summed E-state index contributed by atoms with van der Waals surface area (Å²) in [6.07, 6.45) is 1.45. The minimum absolute atomic E-state index is 0.0783. The Morgan fingerprint density at radius 3 is 2.74 bits per heavy atom. The van der Waals surface area contributed by atoms with Crippen LogP contribution in [0.15, 0.2) is 70.9 Å². The normalized spacial score (nSPS) is 17.5. The summed E-state index contributed by atoms with van der Waals surface area (Å²) >= 11 is 1.25. The third kappa shape index (κ3) is 3.60. The van der Waals surface area contributed by atoms with Crippen LogP contribution in [0.1, 0.15) is 24.3 Å². The largest absolute Gasteiger partial charge is 0.507 e. The van der Waals surface area contributed by atoms with Crippen molar-refractivity contribution in [1.82, 2.24) is 4.98 Å². The molecular formula is C25H20N2O6S. The molecule has 172 valence electrons. The van der Waals surface area contributed by atoms with E-state index in [0.717, 1.165) is 4.70 Å². The van der Waals surface area contributed by atoms with Crippen LogP contribution in [-0.4, -0.2) is 35.5 Å². The first-order chi connectivity index (χ1) is 16.5. The number of hydrogen-bond acceptors (Lipinski definition) is 8. The minimum atomic E-state index is -0.979. The number of methoxy groups -OCH3 is 1. The van der Waals surface area contributed by atoms with Gasteiger partial charge in [-0.05, 0) is 49.4 Å². The monoisotopic (exact) mass is 476 g/mol. The Hall–Kier alpha value is -4.11. The van der Waals surface area contributed by atoms with Gasteiger partial charge >= 0.3 is 5.91 Å². The smallest absolute Gasteiger partial charge is 0.302 e. The van der Waals surface area contributed by atoms with Crippen molar-refractivity contribution in [2.75, 3.05) is 18.6 Å². The summed E-state index contributed by atoms with van der Waals surface area (Å²) in [6.45, 7) is 2.30. The maximum atomic E-state index is 13.2. The van der Waals surface area contributed by atoms with Gasteiger partial charge in [0.05, 0.1) is 35.8 Å². The molecule has 1 aliphatic heterocycles. The lowest BCUT2D eigenvalue weighted by atomic mass is 9.99.